The van der Waals surface area contributed by atoms with E-state index in [0.717, 1.165) is 0 Å². The lowest BCUT2D eigenvalue weighted by molar-refractivity contribution is -0.384. The molecule has 0 amide bonds. The standard InChI is InChI=1S/C26H25NO9S/c1-32-20-14-23(34-3)21(24(15-20)35-4)11-12-37(31)16-17-5-10-22(33-2)25(13-17)36-26(28)18-6-8-19(9-7-18)27(29)30/h5-15H,16H2,1-4H3/b12-11+. The Bertz CT molecular complexity index is 1270. The van der Waals surface area contributed by atoms with E-state index in [1.165, 1.54) is 58.1 Å². The number of carbonyl (C=O) groups is 1. The van der Waals surface area contributed by atoms with Crippen LogP contribution in [0.1, 0.15) is 21.5 Å². The highest BCUT2D eigenvalue weighted by molar-refractivity contribution is 7.93. The molecule has 3 aromatic carbocycles. The molecule has 10 nitrogen and oxygen atoms in total. The van der Waals surface area contributed by atoms with Crippen molar-refractivity contribution in [3.8, 4) is 28.7 Å². The minimum atomic E-state index is -1.44. The Labute approximate surface area is 216 Å². The molecule has 0 bridgehead atoms. The Morgan fingerprint density at radius 2 is 1.49 bits per heavy atom. The maximum Gasteiger partial charge on any atom is 0.343 e. The van der Waals surface area contributed by atoms with Gasteiger partial charge in [0.25, 0.3) is 5.69 Å². The second-order valence-corrected chi connectivity index (χ2v) is 8.77. The summed E-state index contributed by atoms with van der Waals surface area (Å²) >= 11 is -1.44. The van der Waals surface area contributed by atoms with Gasteiger partial charge in [-0.3, -0.25) is 10.1 Å². The van der Waals surface area contributed by atoms with Gasteiger partial charge in [0, 0.05) is 35.9 Å². The van der Waals surface area contributed by atoms with Crippen molar-refractivity contribution in [2.45, 2.75) is 5.75 Å². The summed E-state index contributed by atoms with van der Waals surface area (Å²) in [6, 6.07) is 13.3. The quantitative estimate of drug-likeness (QED) is 0.114. The van der Waals surface area contributed by atoms with Crippen molar-refractivity contribution < 1.29 is 38.0 Å². The predicted octanol–water partition coefficient (Wildman–Crippen LogP) is 4.77. The summed E-state index contributed by atoms with van der Waals surface area (Å²) in [5.41, 5.74) is 1.22. The van der Waals surface area contributed by atoms with Crippen molar-refractivity contribution in [1.29, 1.82) is 0 Å². The van der Waals surface area contributed by atoms with E-state index < -0.39 is 22.1 Å². The molecule has 3 rings (SSSR count). The van der Waals surface area contributed by atoms with Crippen LogP contribution in [0.5, 0.6) is 28.7 Å². The molecule has 0 saturated heterocycles. The molecule has 0 aliphatic rings. The number of hydrogen-bond donors (Lipinski definition) is 0. The number of rotatable bonds is 11. The maximum atomic E-state index is 12.8. The summed E-state index contributed by atoms with van der Waals surface area (Å²) in [6.07, 6.45) is 1.65. The topological polar surface area (TPSA) is 129 Å². The second kappa shape index (κ2) is 12.7. The number of carbonyl (C=O) groups excluding carboxylic acids is 1. The lowest BCUT2D eigenvalue weighted by Crippen LogP contribution is -2.10. The van der Waals surface area contributed by atoms with E-state index in [-0.39, 0.29) is 22.8 Å². The Morgan fingerprint density at radius 1 is 0.865 bits per heavy atom. The first-order valence-electron chi connectivity index (χ1n) is 10.8. The van der Waals surface area contributed by atoms with E-state index in [0.29, 0.717) is 34.1 Å². The molecule has 1 unspecified atom stereocenters. The van der Waals surface area contributed by atoms with E-state index in [1.807, 2.05) is 0 Å². The summed E-state index contributed by atoms with van der Waals surface area (Å²) in [5, 5.41) is 12.3. The number of esters is 1. The van der Waals surface area contributed by atoms with E-state index in [1.54, 1.807) is 36.4 Å². The Hall–Kier alpha value is -4.22. The number of benzene rings is 3. The first-order valence-corrected chi connectivity index (χ1v) is 12.2. The van der Waals surface area contributed by atoms with Crippen molar-refractivity contribution in [1.82, 2.24) is 0 Å². The van der Waals surface area contributed by atoms with Crippen LogP contribution >= 0.6 is 0 Å². The molecular formula is C26H25NO9S. The summed E-state index contributed by atoms with van der Waals surface area (Å²) in [7, 11) is 5.98. The fraction of sp³-hybridized carbons (Fsp3) is 0.192. The molecule has 0 aliphatic heterocycles. The first kappa shape index (κ1) is 27.4. The van der Waals surface area contributed by atoms with Gasteiger partial charge in [-0.25, -0.2) is 4.79 Å². The first-order chi connectivity index (χ1) is 17.8. The second-order valence-electron chi connectivity index (χ2n) is 7.45. The predicted molar refractivity (Wildman–Crippen MR) is 138 cm³/mol. The summed E-state index contributed by atoms with van der Waals surface area (Å²) in [6.45, 7) is 0. The summed E-state index contributed by atoms with van der Waals surface area (Å²) in [4.78, 5) is 22.8. The number of methoxy groups -OCH3 is 4. The van der Waals surface area contributed by atoms with Gasteiger partial charge in [-0.05, 0) is 35.4 Å². The molecule has 1 atom stereocenters. The fourth-order valence-electron chi connectivity index (χ4n) is 3.32. The third-order valence-corrected chi connectivity index (χ3v) is 6.25. The lowest BCUT2D eigenvalue weighted by atomic mass is 10.1. The molecule has 0 radical (unpaired) electrons. The molecule has 3 aromatic rings. The zero-order valence-electron chi connectivity index (χ0n) is 20.6. The largest absolute Gasteiger partial charge is 0.612 e. The Balaban J connectivity index is 1.77. The van der Waals surface area contributed by atoms with Crippen LogP contribution in [0.15, 0.2) is 60.0 Å². The lowest BCUT2D eigenvalue weighted by Gasteiger charge is -2.13. The number of nitro benzene ring substituents is 1. The number of nitro groups is 1. The van der Waals surface area contributed by atoms with E-state index >= 15 is 0 Å². The number of non-ortho nitro benzene ring substituents is 1. The zero-order valence-corrected chi connectivity index (χ0v) is 21.4. The highest BCUT2D eigenvalue weighted by Crippen LogP contribution is 2.35. The Kier molecular flexibility index (Phi) is 9.36. The molecule has 194 valence electrons. The monoisotopic (exact) mass is 527 g/mol. The molecule has 0 heterocycles. The van der Waals surface area contributed by atoms with Gasteiger partial charge >= 0.3 is 5.97 Å². The van der Waals surface area contributed by atoms with Crippen molar-refractivity contribution in [3.05, 3.63) is 86.8 Å². The molecule has 0 N–H and O–H groups in total. The van der Waals surface area contributed by atoms with Gasteiger partial charge < -0.3 is 28.2 Å². The average molecular weight is 528 g/mol. The summed E-state index contributed by atoms with van der Waals surface area (Å²) < 4.78 is 39.6. The molecular weight excluding hydrogens is 502 g/mol. The number of hydrogen-bond acceptors (Lipinski definition) is 9. The van der Waals surface area contributed by atoms with Crippen LogP contribution in [0.4, 0.5) is 5.69 Å². The van der Waals surface area contributed by atoms with Crippen LogP contribution in [0.25, 0.3) is 6.08 Å². The molecule has 0 aromatic heterocycles. The minimum absolute atomic E-state index is 0.128. The van der Waals surface area contributed by atoms with Gasteiger partial charge in [-0.2, -0.15) is 0 Å². The van der Waals surface area contributed by atoms with Gasteiger partial charge in [-0.1, -0.05) is 6.07 Å². The van der Waals surface area contributed by atoms with Crippen molar-refractivity contribution >= 4 is 28.9 Å². The molecule has 11 heteroatoms. The van der Waals surface area contributed by atoms with Crippen molar-refractivity contribution in [3.63, 3.8) is 0 Å². The van der Waals surface area contributed by atoms with Crippen LogP contribution < -0.4 is 23.7 Å². The minimum Gasteiger partial charge on any atom is -0.612 e. The zero-order chi connectivity index (χ0) is 26.9. The van der Waals surface area contributed by atoms with E-state index in [2.05, 4.69) is 0 Å². The smallest absolute Gasteiger partial charge is 0.343 e. The molecule has 0 aliphatic carbocycles. The van der Waals surface area contributed by atoms with Gasteiger partial charge in [0.2, 0.25) is 0 Å². The highest BCUT2D eigenvalue weighted by Gasteiger charge is 2.17. The van der Waals surface area contributed by atoms with Gasteiger partial charge in [0.05, 0.1) is 44.5 Å². The summed E-state index contributed by atoms with van der Waals surface area (Å²) in [5.74, 6) is 1.38. The molecule has 0 spiro atoms. The molecule has 0 fully saturated rings. The van der Waals surface area contributed by atoms with E-state index in [4.69, 9.17) is 23.7 Å². The van der Waals surface area contributed by atoms with Crippen LogP contribution in [0, 0.1) is 10.1 Å². The number of ether oxygens (including phenoxy) is 5. The SMILES string of the molecule is COc1cc(OC)c(/C=C/[S+]([O-])Cc2ccc(OC)c(OC(=O)c3ccc([N+](=O)[O-])cc3)c2)c(OC)c1. The fourth-order valence-corrected chi connectivity index (χ4v) is 4.21. The third-order valence-electron chi connectivity index (χ3n) is 5.19. The van der Waals surface area contributed by atoms with Crippen LogP contribution in [0.3, 0.4) is 0 Å². The Morgan fingerprint density at radius 3 is 2.03 bits per heavy atom. The molecule has 0 saturated carbocycles. The van der Waals surface area contributed by atoms with Gasteiger partial charge in [0.1, 0.15) is 28.4 Å². The normalized spacial score (nSPS) is 11.6. The van der Waals surface area contributed by atoms with Crippen molar-refractivity contribution in [2.75, 3.05) is 28.4 Å². The van der Waals surface area contributed by atoms with E-state index in [9.17, 15) is 19.5 Å². The van der Waals surface area contributed by atoms with Gasteiger partial charge in [0.15, 0.2) is 11.5 Å². The third kappa shape index (κ3) is 6.93. The van der Waals surface area contributed by atoms with Crippen LogP contribution in [-0.2, 0) is 16.9 Å². The average Bonchev–Trinajstić information content (AvgIpc) is 2.91. The van der Waals surface area contributed by atoms with Crippen LogP contribution in [0.2, 0.25) is 0 Å². The molecule has 37 heavy (non-hydrogen) atoms. The van der Waals surface area contributed by atoms with Crippen molar-refractivity contribution in [2.24, 2.45) is 0 Å². The highest BCUT2D eigenvalue weighted by atomic mass is 32.2. The van der Waals surface area contributed by atoms with Crippen LogP contribution in [-0.4, -0.2) is 43.9 Å². The van der Waals surface area contributed by atoms with Gasteiger partial charge in [-0.15, -0.1) is 0 Å². The number of nitrogens with zero attached hydrogens (tertiary/aromatic N) is 1. The maximum absolute atomic E-state index is 12.8.